The average molecular weight is 392 g/mol. The van der Waals surface area contributed by atoms with Crippen molar-refractivity contribution in [2.45, 2.75) is 77.9 Å². The van der Waals surface area contributed by atoms with Crippen LogP contribution < -0.4 is 16.2 Å². The highest BCUT2D eigenvalue weighted by Gasteiger charge is 2.28. The molecular weight excluding hydrogens is 358 g/mol. The normalized spacial score (nSPS) is 19.2. The molecule has 0 spiro atoms. The van der Waals surface area contributed by atoms with Crippen LogP contribution in [0.1, 0.15) is 65.7 Å². The first kappa shape index (κ1) is 20.6. The molecule has 2 aromatic heterocycles. The number of fused-ring (bicyclic) bond motifs is 1. The number of hydrogen-bond donors (Lipinski definition) is 2. The maximum absolute atomic E-state index is 12.4. The molecule has 1 fully saturated rings. The molecule has 0 aromatic carbocycles. The van der Waals surface area contributed by atoms with Gasteiger partial charge in [-0.3, -0.25) is 4.57 Å². The molecule has 3 heterocycles. The Morgan fingerprint density at radius 3 is 2.89 bits per heavy atom. The molecule has 0 aliphatic carbocycles. The van der Waals surface area contributed by atoms with E-state index in [4.69, 9.17) is 15.2 Å². The van der Waals surface area contributed by atoms with Gasteiger partial charge in [0.1, 0.15) is 5.52 Å². The van der Waals surface area contributed by atoms with Crippen LogP contribution in [0.25, 0.3) is 11.2 Å². The number of nitrogens with two attached hydrogens (primary N) is 1. The first-order valence-corrected chi connectivity index (χ1v) is 10.4. The summed E-state index contributed by atoms with van der Waals surface area (Å²) in [5.74, 6) is 0.941. The van der Waals surface area contributed by atoms with Crippen LogP contribution in [-0.2, 0) is 11.3 Å². The molecule has 8 nitrogen and oxygen atoms in total. The molecule has 1 aliphatic rings. The number of aromatic nitrogens is 4. The Morgan fingerprint density at radius 2 is 2.14 bits per heavy atom. The second-order valence-electron chi connectivity index (χ2n) is 8.34. The zero-order chi connectivity index (χ0) is 20.1. The van der Waals surface area contributed by atoms with Crippen molar-refractivity contribution in [3.63, 3.8) is 0 Å². The number of unbranched alkanes of at least 4 members (excludes halogenated alkanes) is 2. The van der Waals surface area contributed by atoms with Crippen molar-refractivity contribution in [2.75, 3.05) is 18.9 Å². The van der Waals surface area contributed by atoms with Crippen LogP contribution in [0.2, 0.25) is 0 Å². The Labute approximate surface area is 165 Å². The molecule has 0 saturated carbocycles. The van der Waals surface area contributed by atoms with E-state index < -0.39 is 0 Å². The number of ether oxygens (including phenoxy) is 2. The Kier molecular flexibility index (Phi) is 6.59. The molecule has 1 atom stereocenters. The molecule has 28 heavy (non-hydrogen) atoms. The van der Waals surface area contributed by atoms with Crippen LogP contribution in [0.4, 0.5) is 5.82 Å². The highest BCUT2D eigenvalue weighted by Crippen LogP contribution is 2.31. The van der Waals surface area contributed by atoms with E-state index in [1.807, 2.05) is 0 Å². The molecule has 1 unspecified atom stereocenters. The van der Waals surface area contributed by atoms with Gasteiger partial charge in [0, 0.05) is 13.2 Å². The Bertz CT molecular complexity index is 842. The molecular formula is C20H33N5O3. The SMILES string of the molecule is CCCCOc1nc(N)c2[nH]c(=O)n(CCCCC3CCOC(C)(C)C3)c2n1. The minimum atomic E-state index is -0.200. The fourth-order valence-corrected chi connectivity index (χ4v) is 3.92. The minimum absolute atomic E-state index is 0.0146. The number of nitrogen functional groups attached to an aromatic ring is 1. The smallest absolute Gasteiger partial charge is 0.327 e. The quantitative estimate of drug-likeness (QED) is 0.635. The summed E-state index contributed by atoms with van der Waals surface area (Å²) in [4.78, 5) is 23.7. The van der Waals surface area contributed by atoms with Gasteiger partial charge in [0.25, 0.3) is 0 Å². The van der Waals surface area contributed by atoms with Crippen LogP contribution in [-0.4, -0.2) is 38.3 Å². The molecule has 156 valence electrons. The second-order valence-corrected chi connectivity index (χ2v) is 8.34. The van der Waals surface area contributed by atoms with E-state index >= 15 is 0 Å². The molecule has 8 heteroatoms. The molecule has 3 N–H and O–H groups in total. The standard InChI is InChI=1S/C20H33N5O3/c1-4-5-11-27-18-23-16(21)15-17(24-18)25(19(26)22-15)10-7-6-8-14-9-12-28-20(2,3)13-14/h14H,4-13H2,1-3H3,(H,22,26)(H2,21,23,24). The summed E-state index contributed by atoms with van der Waals surface area (Å²) < 4.78 is 13.0. The number of aryl methyl sites for hydroxylation is 1. The van der Waals surface area contributed by atoms with Crippen LogP contribution in [0.3, 0.4) is 0 Å². The van der Waals surface area contributed by atoms with Crippen molar-refractivity contribution in [3.8, 4) is 6.01 Å². The molecule has 0 bridgehead atoms. The number of hydrogen-bond acceptors (Lipinski definition) is 6. The predicted molar refractivity (Wildman–Crippen MR) is 110 cm³/mol. The summed E-state index contributed by atoms with van der Waals surface area (Å²) in [6.07, 6.45) is 7.31. The van der Waals surface area contributed by atoms with Gasteiger partial charge in [0.15, 0.2) is 11.5 Å². The predicted octanol–water partition coefficient (Wildman–Crippen LogP) is 3.26. The van der Waals surface area contributed by atoms with Crippen molar-refractivity contribution in [1.82, 2.24) is 19.5 Å². The Hall–Kier alpha value is -2.09. The van der Waals surface area contributed by atoms with E-state index in [9.17, 15) is 4.79 Å². The lowest BCUT2D eigenvalue weighted by atomic mass is 9.85. The number of nitrogens with one attached hydrogen (secondary N) is 1. The highest BCUT2D eigenvalue weighted by atomic mass is 16.5. The molecule has 1 saturated heterocycles. The van der Waals surface area contributed by atoms with Gasteiger partial charge in [-0.25, -0.2) is 4.79 Å². The van der Waals surface area contributed by atoms with Gasteiger partial charge in [-0.2, -0.15) is 9.97 Å². The van der Waals surface area contributed by atoms with Crippen LogP contribution in [0, 0.1) is 5.92 Å². The summed E-state index contributed by atoms with van der Waals surface area (Å²) in [5, 5.41) is 0. The van der Waals surface area contributed by atoms with Crippen LogP contribution >= 0.6 is 0 Å². The van der Waals surface area contributed by atoms with Gasteiger partial charge < -0.3 is 20.2 Å². The summed E-state index contributed by atoms with van der Waals surface area (Å²) in [6.45, 7) is 8.40. The molecule has 0 radical (unpaired) electrons. The second kappa shape index (κ2) is 8.94. The largest absolute Gasteiger partial charge is 0.463 e. The minimum Gasteiger partial charge on any atom is -0.463 e. The summed E-state index contributed by atoms with van der Waals surface area (Å²) in [6, 6.07) is 0.232. The van der Waals surface area contributed by atoms with Gasteiger partial charge in [-0.1, -0.05) is 26.2 Å². The van der Waals surface area contributed by atoms with E-state index in [1.54, 1.807) is 4.57 Å². The van der Waals surface area contributed by atoms with Crippen molar-refractivity contribution in [2.24, 2.45) is 5.92 Å². The lowest BCUT2D eigenvalue weighted by Crippen LogP contribution is -2.33. The van der Waals surface area contributed by atoms with Crippen molar-refractivity contribution < 1.29 is 9.47 Å². The van der Waals surface area contributed by atoms with E-state index in [2.05, 4.69) is 35.7 Å². The molecule has 0 amide bonds. The average Bonchev–Trinajstić information content (AvgIpc) is 2.94. The van der Waals surface area contributed by atoms with Crippen molar-refractivity contribution >= 4 is 17.0 Å². The lowest BCUT2D eigenvalue weighted by molar-refractivity contribution is -0.0738. The van der Waals surface area contributed by atoms with Gasteiger partial charge in [-0.15, -0.1) is 0 Å². The van der Waals surface area contributed by atoms with Crippen molar-refractivity contribution in [1.29, 1.82) is 0 Å². The Balaban J connectivity index is 1.62. The number of rotatable bonds is 9. The van der Waals surface area contributed by atoms with Gasteiger partial charge >= 0.3 is 11.7 Å². The lowest BCUT2D eigenvalue weighted by Gasteiger charge is -2.35. The van der Waals surface area contributed by atoms with E-state index in [0.29, 0.717) is 30.2 Å². The van der Waals surface area contributed by atoms with Crippen LogP contribution in [0.5, 0.6) is 6.01 Å². The van der Waals surface area contributed by atoms with Crippen molar-refractivity contribution in [3.05, 3.63) is 10.5 Å². The summed E-state index contributed by atoms with van der Waals surface area (Å²) in [5.41, 5.74) is 6.79. The third kappa shape index (κ3) is 5.04. The Morgan fingerprint density at radius 1 is 1.32 bits per heavy atom. The summed E-state index contributed by atoms with van der Waals surface area (Å²) in [7, 11) is 0. The maximum Gasteiger partial charge on any atom is 0.327 e. The first-order chi connectivity index (χ1) is 13.4. The van der Waals surface area contributed by atoms with E-state index in [0.717, 1.165) is 51.6 Å². The van der Waals surface area contributed by atoms with E-state index in [1.165, 1.54) is 0 Å². The van der Waals surface area contributed by atoms with Crippen LogP contribution in [0.15, 0.2) is 4.79 Å². The number of nitrogens with zero attached hydrogens (tertiary/aromatic N) is 3. The molecule has 3 rings (SSSR count). The third-order valence-electron chi connectivity index (χ3n) is 5.40. The van der Waals surface area contributed by atoms with Gasteiger partial charge in [0.05, 0.1) is 12.2 Å². The summed E-state index contributed by atoms with van der Waals surface area (Å²) >= 11 is 0. The third-order valence-corrected chi connectivity index (χ3v) is 5.40. The van der Waals surface area contributed by atoms with Gasteiger partial charge in [0.2, 0.25) is 0 Å². The first-order valence-electron chi connectivity index (χ1n) is 10.4. The zero-order valence-electron chi connectivity index (χ0n) is 17.3. The fraction of sp³-hybridized carbons (Fsp3) is 0.750. The maximum atomic E-state index is 12.4. The van der Waals surface area contributed by atoms with Gasteiger partial charge in [-0.05, 0) is 45.4 Å². The zero-order valence-corrected chi connectivity index (χ0v) is 17.3. The topological polar surface area (TPSA) is 108 Å². The monoisotopic (exact) mass is 391 g/mol. The number of aromatic amines is 1. The van der Waals surface area contributed by atoms with E-state index in [-0.39, 0.29) is 23.1 Å². The number of imidazole rings is 1. The fourth-order valence-electron chi connectivity index (χ4n) is 3.92. The molecule has 1 aliphatic heterocycles. The number of anilines is 1. The molecule has 2 aromatic rings. The number of H-pyrrole nitrogens is 1. The highest BCUT2D eigenvalue weighted by molar-refractivity contribution is 5.81.